The van der Waals surface area contributed by atoms with Gasteiger partial charge in [-0.25, -0.2) is 0 Å². The molecule has 0 radical (unpaired) electrons. The van der Waals surface area contributed by atoms with Crippen LogP contribution in [0.5, 0.6) is 0 Å². The standard InChI is InChI=1S/C36H46/c1-23(28-11-7-6-8-12-28)17-18-30-22-36(30)26(4)21-31(36)19-24(2)27(5)34-20-25(3)32-15-9-13-29-14-10-16-33(34)35(29)32/h6-9,11-13,15,20,24,26-27,29-31,34H,1,10,14,16-19,21-22H2,2-5H3. The van der Waals surface area contributed by atoms with Crippen LogP contribution in [0.4, 0.5) is 0 Å². The molecular weight excluding hydrogens is 432 g/mol. The molecule has 8 unspecified atom stereocenters. The van der Waals surface area contributed by atoms with E-state index in [4.69, 9.17) is 0 Å². The van der Waals surface area contributed by atoms with Crippen LogP contribution in [0.2, 0.25) is 0 Å². The number of hydrogen-bond acceptors (Lipinski definition) is 0. The Morgan fingerprint density at radius 2 is 1.94 bits per heavy atom. The van der Waals surface area contributed by atoms with E-state index in [9.17, 15) is 0 Å². The number of allylic oxidation sites excluding steroid dienone is 9. The monoisotopic (exact) mass is 478 g/mol. The molecule has 190 valence electrons. The van der Waals surface area contributed by atoms with Gasteiger partial charge in [0.15, 0.2) is 0 Å². The summed E-state index contributed by atoms with van der Waals surface area (Å²) in [4.78, 5) is 0. The molecular formula is C36H46. The Balaban J connectivity index is 1.11. The van der Waals surface area contributed by atoms with Crippen molar-refractivity contribution in [1.82, 2.24) is 0 Å². The van der Waals surface area contributed by atoms with Gasteiger partial charge in [0, 0.05) is 11.8 Å². The summed E-state index contributed by atoms with van der Waals surface area (Å²) in [7, 11) is 0. The Morgan fingerprint density at radius 1 is 1.14 bits per heavy atom. The van der Waals surface area contributed by atoms with E-state index in [1.807, 2.05) is 0 Å². The molecule has 6 rings (SSSR count). The van der Waals surface area contributed by atoms with E-state index in [1.165, 1.54) is 61.7 Å². The van der Waals surface area contributed by atoms with Crippen LogP contribution in [0.3, 0.4) is 0 Å². The second-order valence-corrected chi connectivity index (χ2v) is 13.2. The van der Waals surface area contributed by atoms with Crippen molar-refractivity contribution >= 4 is 5.57 Å². The molecule has 5 aliphatic carbocycles. The lowest BCUT2D eigenvalue weighted by Crippen LogP contribution is -2.40. The third-order valence-electron chi connectivity index (χ3n) is 11.4. The smallest absolute Gasteiger partial charge is 0.00270 e. The predicted octanol–water partition coefficient (Wildman–Crippen LogP) is 9.97. The topological polar surface area (TPSA) is 0 Å². The second kappa shape index (κ2) is 9.34. The number of benzene rings is 1. The first-order valence-corrected chi connectivity index (χ1v) is 14.9. The summed E-state index contributed by atoms with van der Waals surface area (Å²) in [6, 6.07) is 10.8. The van der Waals surface area contributed by atoms with Crippen LogP contribution < -0.4 is 0 Å². The average Bonchev–Trinajstić information content (AvgIpc) is 3.67. The quantitative estimate of drug-likeness (QED) is 0.349. The van der Waals surface area contributed by atoms with Crippen molar-refractivity contribution in [3.05, 3.63) is 89.1 Å². The summed E-state index contributed by atoms with van der Waals surface area (Å²) in [5.41, 5.74) is 9.92. The highest BCUT2D eigenvalue weighted by Gasteiger charge is 2.66. The summed E-state index contributed by atoms with van der Waals surface area (Å²) >= 11 is 0. The maximum atomic E-state index is 4.42. The maximum Gasteiger partial charge on any atom is 0.00270 e. The molecule has 0 aromatic heterocycles. The fraction of sp³-hybridized carbons (Fsp3) is 0.556. The highest BCUT2D eigenvalue weighted by Crippen LogP contribution is 2.74. The van der Waals surface area contributed by atoms with Crippen molar-refractivity contribution in [2.45, 2.75) is 79.1 Å². The Morgan fingerprint density at radius 3 is 2.72 bits per heavy atom. The van der Waals surface area contributed by atoms with Gasteiger partial charge in [0.2, 0.25) is 0 Å². The molecule has 1 aromatic rings. The van der Waals surface area contributed by atoms with Gasteiger partial charge in [-0.1, -0.05) is 87.6 Å². The molecule has 36 heavy (non-hydrogen) atoms. The first-order chi connectivity index (χ1) is 17.4. The number of rotatable bonds is 8. The molecule has 1 spiro atoms. The van der Waals surface area contributed by atoms with Crippen molar-refractivity contribution in [3.8, 4) is 0 Å². The van der Waals surface area contributed by atoms with Crippen molar-refractivity contribution in [1.29, 1.82) is 0 Å². The molecule has 5 aliphatic rings. The third kappa shape index (κ3) is 3.95. The van der Waals surface area contributed by atoms with Gasteiger partial charge in [0.05, 0.1) is 0 Å². The lowest BCUT2D eigenvalue weighted by Gasteiger charge is -2.48. The van der Waals surface area contributed by atoms with E-state index >= 15 is 0 Å². The Bertz CT molecular complexity index is 1140. The van der Waals surface area contributed by atoms with Crippen molar-refractivity contribution in [2.75, 3.05) is 0 Å². The van der Waals surface area contributed by atoms with Crippen LogP contribution in [-0.2, 0) is 0 Å². The zero-order chi connectivity index (χ0) is 25.0. The minimum Gasteiger partial charge on any atom is -0.0952 e. The fourth-order valence-corrected chi connectivity index (χ4v) is 9.04. The summed E-state index contributed by atoms with van der Waals surface area (Å²) in [5.74, 6) is 5.64. The molecule has 0 heteroatoms. The van der Waals surface area contributed by atoms with E-state index in [2.05, 4.69) is 88.9 Å². The molecule has 1 aromatic carbocycles. The lowest BCUT2D eigenvalue weighted by molar-refractivity contribution is 0.0157. The Labute approximate surface area is 220 Å². The molecule has 0 N–H and O–H groups in total. The molecule has 8 atom stereocenters. The van der Waals surface area contributed by atoms with Gasteiger partial charge in [-0.15, -0.1) is 0 Å². The molecule has 0 aliphatic heterocycles. The summed E-state index contributed by atoms with van der Waals surface area (Å²) in [6.07, 6.45) is 20.7. The highest BCUT2D eigenvalue weighted by atomic mass is 14.7. The SMILES string of the molecule is C=C(CCC1CC12C(C)CC2CC(C)C(C)C1C=C(C)C2=CC=CC3CCCC1=C23)c1ccccc1. The van der Waals surface area contributed by atoms with Crippen LogP contribution in [0.15, 0.2) is 83.5 Å². The van der Waals surface area contributed by atoms with Crippen LogP contribution in [0.25, 0.3) is 5.57 Å². The van der Waals surface area contributed by atoms with Crippen molar-refractivity contribution < 1.29 is 0 Å². The van der Waals surface area contributed by atoms with E-state index < -0.39 is 0 Å². The fourth-order valence-electron chi connectivity index (χ4n) is 9.04. The van der Waals surface area contributed by atoms with Crippen LogP contribution in [-0.4, -0.2) is 0 Å². The zero-order valence-electron chi connectivity index (χ0n) is 23.1. The summed E-state index contributed by atoms with van der Waals surface area (Å²) in [5, 5.41) is 0. The van der Waals surface area contributed by atoms with Crippen molar-refractivity contribution in [2.24, 2.45) is 46.8 Å². The molecule has 0 nitrogen and oxygen atoms in total. The molecule has 2 saturated carbocycles. The van der Waals surface area contributed by atoms with Crippen molar-refractivity contribution in [3.63, 3.8) is 0 Å². The van der Waals surface area contributed by atoms with Gasteiger partial charge in [-0.3, -0.25) is 0 Å². The average molecular weight is 479 g/mol. The molecule has 0 amide bonds. The van der Waals surface area contributed by atoms with E-state index in [-0.39, 0.29) is 0 Å². The maximum absolute atomic E-state index is 4.42. The van der Waals surface area contributed by atoms with Gasteiger partial charge < -0.3 is 0 Å². The Kier molecular flexibility index (Phi) is 6.30. The first-order valence-electron chi connectivity index (χ1n) is 14.9. The van der Waals surface area contributed by atoms with Gasteiger partial charge in [-0.2, -0.15) is 0 Å². The lowest BCUT2D eigenvalue weighted by atomic mass is 9.57. The van der Waals surface area contributed by atoms with Gasteiger partial charge >= 0.3 is 0 Å². The first kappa shape index (κ1) is 24.3. The molecule has 2 fully saturated rings. The van der Waals surface area contributed by atoms with Gasteiger partial charge in [-0.05, 0) is 121 Å². The zero-order valence-corrected chi connectivity index (χ0v) is 23.1. The Hall–Kier alpha value is -2.08. The molecule has 0 saturated heterocycles. The minimum absolute atomic E-state index is 0.652. The highest BCUT2D eigenvalue weighted by molar-refractivity contribution is 5.63. The molecule has 0 heterocycles. The third-order valence-corrected chi connectivity index (χ3v) is 11.4. The van der Waals surface area contributed by atoms with Crippen LogP contribution in [0, 0.1) is 46.8 Å². The van der Waals surface area contributed by atoms with E-state index in [1.54, 1.807) is 16.7 Å². The predicted molar refractivity (Wildman–Crippen MR) is 154 cm³/mol. The van der Waals surface area contributed by atoms with E-state index in [0.29, 0.717) is 17.3 Å². The second-order valence-electron chi connectivity index (χ2n) is 13.2. The molecule has 0 bridgehead atoms. The minimum atomic E-state index is 0.652. The summed E-state index contributed by atoms with van der Waals surface area (Å²) < 4.78 is 0. The number of hydrogen-bond donors (Lipinski definition) is 0. The van der Waals surface area contributed by atoms with Crippen LogP contribution >= 0.6 is 0 Å². The largest absolute Gasteiger partial charge is 0.0952 e. The normalized spacial score (nSPS) is 35.9. The van der Waals surface area contributed by atoms with Crippen LogP contribution in [0.1, 0.15) is 84.6 Å². The van der Waals surface area contributed by atoms with Gasteiger partial charge in [0.1, 0.15) is 0 Å². The van der Waals surface area contributed by atoms with E-state index in [0.717, 1.165) is 36.0 Å². The van der Waals surface area contributed by atoms with Gasteiger partial charge in [0.25, 0.3) is 0 Å². The summed E-state index contributed by atoms with van der Waals surface area (Å²) in [6.45, 7) is 14.5.